The second-order valence-corrected chi connectivity index (χ2v) is 6.69. The fourth-order valence-electron chi connectivity index (χ4n) is 2.33. The molecule has 140 valence electrons. The molecule has 2 rings (SSSR count). The lowest BCUT2D eigenvalue weighted by Gasteiger charge is -2.15. The Morgan fingerprint density at radius 1 is 1.04 bits per heavy atom. The number of esters is 1. The van der Waals surface area contributed by atoms with Gasteiger partial charge in [-0.2, -0.15) is 0 Å². The van der Waals surface area contributed by atoms with Crippen molar-refractivity contribution in [2.75, 3.05) is 14.2 Å². The number of ether oxygens (including phenoxy) is 3. The van der Waals surface area contributed by atoms with Crippen LogP contribution in [0, 0.1) is 0 Å². The fourth-order valence-corrected chi connectivity index (χ4v) is 2.92. The van der Waals surface area contributed by atoms with E-state index in [-0.39, 0.29) is 6.61 Å². The van der Waals surface area contributed by atoms with E-state index in [1.165, 1.54) is 13.2 Å². The molecule has 5 nitrogen and oxygen atoms in total. The Balaban J connectivity index is 2.18. The lowest BCUT2D eigenvalue weighted by Crippen LogP contribution is -2.33. The normalized spacial score (nSPS) is 11.8. The van der Waals surface area contributed by atoms with Crippen molar-refractivity contribution in [3.63, 3.8) is 0 Å². The summed E-state index contributed by atoms with van der Waals surface area (Å²) in [5.74, 6) is 0.567. The van der Waals surface area contributed by atoms with Crippen LogP contribution in [0.15, 0.2) is 30.3 Å². The van der Waals surface area contributed by atoms with Gasteiger partial charge in [0.05, 0.1) is 29.3 Å². The van der Waals surface area contributed by atoms with E-state index in [0.29, 0.717) is 33.0 Å². The predicted octanol–water partition coefficient (Wildman–Crippen LogP) is 4.28. The average Bonchev–Trinajstić information content (AvgIpc) is 2.63. The third kappa shape index (κ3) is 5.17. The second kappa shape index (κ2) is 9.33. The molecule has 0 saturated carbocycles. The zero-order chi connectivity index (χ0) is 19.3. The largest absolute Gasteiger partial charge is 0.496 e. The van der Waals surface area contributed by atoms with Gasteiger partial charge in [0.2, 0.25) is 0 Å². The van der Waals surface area contributed by atoms with Crippen LogP contribution in [0.2, 0.25) is 15.1 Å². The minimum Gasteiger partial charge on any atom is -0.496 e. The summed E-state index contributed by atoms with van der Waals surface area (Å²) < 4.78 is 15.8. The highest BCUT2D eigenvalue weighted by Gasteiger charge is 2.16. The van der Waals surface area contributed by atoms with Crippen molar-refractivity contribution in [3.8, 4) is 11.5 Å². The SMILES string of the molecule is COC(=O)C(N)Cc1ccc(OC)c(COc2cc(Cl)c(Cl)cc2Cl)c1. The molecule has 0 heterocycles. The smallest absolute Gasteiger partial charge is 0.322 e. The summed E-state index contributed by atoms with van der Waals surface area (Å²) >= 11 is 18.0. The van der Waals surface area contributed by atoms with Gasteiger partial charge in [0.15, 0.2) is 0 Å². The standard InChI is InChI=1S/C18H18Cl3NO4/c1-24-16-4-3-10(6-15(22)18(23)25-2)5-11(16)9-26-17-8-13(20)12(19)7-14(17)21/h3-5,7-8,15H,6,9,22H2,1-2H3. The van der Waals surface area contributed by atoms with Gasteiger partial charge in [-0.1, -0.05) is 40.9 Å². The quantitative estimate of drug-likeness (QED) is 0.537. The lowest BCUT2D eigenvalue weighted by molar-refractivity contribution is -0.142. The number of benzene rings is 2. The van der Waals surface area contributed by atoms with Gasteiger partial charge in [0, 0.05) is 11.6 Å². The van der Waals surface area contributed by atoms with Crippen LogP contribution in [-0.2, 0) is 22.6 Å². The Hall–Kier alpha value is -1.66. The van der Waals surface area contributed by atoms with E-state index >= 15 is 0 Å². The summed E-state index contributed by atoms with van der Waals surface area (Å²) in [5, 5.41) is 1.04. The van der Waals surface area contributed by atoms with Crippen LogP contribution in [0.5, 0.6) is 11.5 Å². The van der Waals surface area contributed by atoms with Gasteiger partial charge in [0.1, 0.15) is 24.1 Å². The summed E-state index contributed by atoms with van der Waals surface area (Å²) in [4.78, 5) is 11.5. The molecular weight excluding hydrogens is 401 g/mol. The van der Waals surface area contributed by atoms with E-state index in [9.17, 15) is 4.79 Å². The van der Waals surface area contributed by atoms with Crippen molar-refractivity contribution in [1.82, 2.24) is 0 Å². The van der Waals surface area contributed by atoms with Crippen molar-refractivity contribution >= 4 is 40.8 Å². The summed E-state index contributed by atoms with van der Waals surface area (Å²) in [6.07, 6.45) is 0.331. The van der Waals surface area contributed by atoms with Crippen LogP contribution in [-0.4, -0.2) is 26.2 Å². The monoisotopic (exact) mass is 417 g/mol. The molecular formula is C18H18Cl3NO4. The van der Waals surface area contributed by atoms with E-state index < -0.39 is 12.0 Å². The van der Waals surface area contributed by atoms with Crippen LogP contribution in [0.25, 0.3) is 0 Å². The number of carbonyl (C=O) groups excluding carboxylic acids is 1. The van der Waals surface area contributed by atoms with Gasteiger partial charge in [-0.05, 0) is 30.2 Å². The first-order chi connectivity index (χ1) is 12.3. The second-order valence-electron chi connectivity index (χ2n) is 5.47. The van der Waals surface area contributed by atoms with Gasteiger partial charge in [-0.15, -0.1) is 0 Å². The van der Waals surface area contributed by atoms with E-state index in [0.717, 1.165) is 11.1 Å². The van der Waals surface area contributed by atoms with E-state index in [1.54, 1.807) is 19.2 Å². The number of methoxy groups -OCH3 is 2. The van der Waals surface area contributed by atoms with Crippen molar-refractivity contribution in [2.24, 2.45) is 5.73 Å². The Morgan fingerprint density at radius 3 is 2.38 bits per heavy atom. The first-order valence-electron chi connectivity index (χ1n) is 7.62. The Morgan fingerprint density at radius 2 is 1.73 bits per heavy atom. The molecule has 0 spiro atoms. The van der Waals surface area contributed by atoms with E-state index in [2.05, 4.69) is 4.74 Å². The highest BCUT2D eigenvalue weighted by atomic mass is 35.5. The van der Waals surface area contributed by atoms with Gasteiger partial charge < -0.3 is 19.9 Å². The molecule has 0 aromatic heterocycles. The molecule has 0 bridgehead atoms. The molecule has 0 aliphatic rings. The number of hydrogen-bond donors (Lipinski definition) is 1. The molecule has 0 amide bonds. The summed E-state index contributed by atoms with van der Waals surface area (Å²) in [6, 6.07) is 7.80. The summed E-state index contributed by atoms with van der Waals surface area (Å²) in [7, 11) is 2.86. The van der Waals surface area contributed by atoms with Crippen molar-refractivity contribution in [1.29, 1.82) is 0 Å². The first-order valence-corrected chi connectivity index (χ1v) is 8.75. The number of carbonyl (C=O) groups is 1. The van der Waals surface area contributed by atoms with Gasteiger partial charge in [-0.3, -0.25) is 4.79 Å². The molecule has 0 radical (unpaired) electrons. The molecule has 2 aromatic rings. The van der Waals surface area contributed by atoms with E-state index in [1.807, 2.05) is 12.1 Å². The maximum Gasteiger partial charge on any atom is 0.322 e. The maximum absolute atomic E-state index is 11.5. The van der Waals surface area contributed by atoms with Crippen molar-refractivity contribution < 1.29 is 19.0 Å². The summed E-state index contributed by atoms with van der Waals surface area (Å²) in [6.45, 7) is 0.183. The molecule has 0 aliphatic heterocycles. The predicted molar refractivity (Wildman–Crippen MR) is 102 cm³/mol. The molecule has 8 heteroatoms. The maximum atomic E-state index is 11.5. The lowest BCUT2D eigenvalue weighted by atomic mass is 10.0. The molecule has 0 aliphatic carbocycles. The Labute approximate surface area is 166 Å². The van der Waals surface area contributed by atoms with Crippen molar-refractivity contribution in [3.05, 3.63) is 56.5 Å². The third-order valence-electron chi connectivity index (χ3n) is 3.66. The van der Waals surface area contributed by atoms with Crippen LogP contribution in [0.1, 0.15) is 11.1 Å². The molecule has 26 heavy (non-hydrogen) atoms. The topological polar surface area (TPSA) is 70.8 Å². The zero-order valence-corrected chi connectivity index (χ0v) is 16.5. The fraction of sp³-hybridized carbons (Fsp3) is 0.278. The van der Waals surface area contributed by atoms with Gasteiger partial charge >= 0.3 is 5.97 Å². The number of hydrogen-bond acceptors (Lipinski definition) is 5. The summed E-state index contributed by atoms with van der Waals surface area (Å²) in [5.41, 5.74) is 7.43. The molecule has 0 saturated heterocycles. The average molecular weight is 419 g/mol. The molecule has 1 unspecified atom stereocenters. The van der Waals surface area contributed by atoms with Crippen LogP contribution in [0.3, 0.4) is 0 Å². The molecule has 2 aromatic carbocycles. The zero-order valence-electron chi connectivity index (χ0n) is 14.2. The minimum absolute atomic E-state index is 0.183. The highest BCUT2D eigenvalue weighted by Crippen LogP contribution is 2.34. The Bertz CT molecular complexity index is 798. The molecule has 0 fully saturated rings. The first kappa shape index (κ1) is 20.6. The van der Waals surface area contributed by atoms with Crippen molar-refractivity contribution in [2.45, 2.75) is 19.1 Å². The van der Waals surface area contributed by atoms with Gasteiger partial charge in [-0.25, -0.2) is 0 Å². The Kier molecular flexibility index (Phi) is 7.41. The van der Waals surface area contributed by atoms with Crippen LogP contribution in [0.4, 0.5) is 0 Å². The van der Waals surface area contributed by atoms with Crippen LogP contribution >= 0.6 is 34.8 Å². The number of rotatable bonds is 7. The number of nitrogens with two attached hydrogens (primary N) is 1. The minimum atomic E-state index is -0.744. The molecule has 1 atom stereocenters. The van der Waals surface area contributed by atoms with E-state index in [4.69, 9.17) is 50.0 Å². The number of halogens is 3. The third-order valence-corrected chi connectivity index (χ3v) is 4.68. The van der Waals surface area contributed by atoms with Gasteiger partial charge in [0.25, 0.3) is 0 Å². The van der Waals surface area contributed by atoms with Crippen LogP contribution < -0.4 is 15.2 Å². The highest BCUT2D eigenvalue weighted by molar-refractivity contribution is 6.43. The molecule has 2 N–H and O–H groups in total.